The van der Waals surface area contributed by atoms with Crippen molar-refractivity contribution < 1.29 is 4.79 Å². The topological polar surface area (TPSA) is 59.4 Å². The molecule has 7 heteroatoms. The molecular weight excluding hydrogens is 479 g/mol. The van der Waals surface area contributed by atoms with E-state index in [4.69, 9.17) is 28.5 Å². The first-order valence-electron chi connectivity index (χ1n) is 11.8. The molecule has 4 rings (SSSR count). The van der Waals surface area contributed by atoms with Gasteiger partial charge in [0.1, 0.15) is 0 Å². The smallest absolute Gasteiger partial charge is 0.223 e. The summed E-state index contributed by atoms with van der Waals surface area (Å²) < 4.78 is 0. The van der Waals surface area contributed by atoms with Gasteiger partial charge in [-0.15, -0.1) is 0 Å². The molecule has 1 fully saturated rings. The molecule has 1 saturated heterocycles. The summed E-state index contributed by atoms with van der Waals surface area (Å²) in [6.07, 6.45) is 1.69. The average Bonchev–Trinajstić information content (AvgIpc) is 2.90. The molecular formula is C28H28Cl2N4O. The van der Waals surface area contributed by atoms with Crippen molar-refractivity contribution >= 4 is 40.5 Å². The highest BCUT2D eigenvalue weighted by Gasteiger charge is 2.25. The molecule has 35 heavy (non-hydrogen) atoms. The fourth-order valence-electron chi connectivity index (χ4n) is 4.36. The first kappa shape index (κ1) is 25.1. The van der Waals surface area contributed by atoms with Gasteiger partial charge in [0.25, 0.3) is 0 Å². The average molecular weight is 507 g/mol. The zero-order valence-corrected chi connectivity index (χ0v) is 21.0. The summed E-state index contributed by atoms with van der Waals surface area (Å²) >= 11 is 12.4. The van der Waals surface area contributed by atoms with Crippen molar-refractivity contribution in [2.24, 2.45) is 5.92 Å². The number of rotatable bonds is 8. The van der Waals surface area contributed by atoms with Gasteiger partial charge in [-0.25, -0.2) is 0 Å². The Morgan fingerprint density at radius 1 is 0.971 bits per heavy atom. The molecule has 0 spiro atoms. The summed E-state index contributed by atoms with van der Waals surface area (Å²) in [5.41, 5.74) is 3.72. The summed E-state index contributed by atoms with van der Waals surface area (Å²) in [4.78, 5) is 17.3. The number of amides is 1. The maximum atomic E-state index is 12.7. The van der Waals surface area contributed by atoms with E-state index >= 15 is 0 Å². The highest BCUT2D eigenvalue weighted by molar-refractivity contribution is 6.42. The quantitative estimate of drug-likeness (QED) is 0.405. The van der Waals surface area contributed by atoms with Crippen LogP contribution in [0.15, 0.2) is 72.8 Å². The van der Waals surface area contributed by atoms with Crippen molar-refractivity contribution in [3.05, 3.63) is 94.0 Å². The number of benzene rings is 3. The number of carbonyl (C=O) groups excluding carboxylic acids is 1. The summed E-state index contributed by atoms with van der Waals surface area (Å²) in [6, 6.07) is 25.4. The Balaban J connectivity index is 1.29. The van der Waals surface area contributed by atoms with E-state index in [-0.39, 0.29) is 11.8 Å². The van der Waals surface area contributed by atoms with E-state index in [1.165, 1.54) is 0 Å². The van der Waals surface area contributed by atoms with Crippen LogP contribution < -0.4 is 10.2 Å². The fraction of sp³-hybridized carbons (Fsp3) is 0.286. The lowest BCUT2D eigenvalue weighted by atomic mass is 9.95. The maximum Gasteiger partial charge on any atom is 0.223 e. The van der Waals surface area contributed by atoms with Gasteiger partial charge >= 0.3 is 0 Å². The van der Waals surface area contributed by atoms with Crippen LogP contribution in [0.5, 0.6) is 0 Å². The minimum absolute atomic E-state index is 0.0323. The van der Waals surface area contributed by atoms with Crippen LogP contribution >= 0.6 is 23.2 Å². The van der Waals surface area contributed by atoms with Crippen LogP contribution in [0.25, 0.3) is 0 Å². The van der Waals surface area contributed by atoms with Gasteiger partial charge in [-0.3, -0.25) is 4.79 Å². The second-order valence-electron chi connectivity index (χ2n) is 8.73. The number of nitriles is 1. The Labute approximate surface area is 216 Å². The molecule has 0 aliphatic carbocycles. The Kier molecular flexibility index (Phi) is 8.65. The zero-order valence-electron chi connectivity index (χ0n) is 19.5. The lowest BCUT2D eigenvalue weighted by Crippen LogP contribution is -2.42. The minimum Gasteiger partial charge on any atom is -0.352 e. The fourth-order valence-corrected chi connectivity index (χ4v) is 4.65. The first-order chi connectivity index (χ1) is 17.0. The van der Waals surface area contributed by atoms with Crippen molar-refractivity contribution in [1.82, 2.24) is 10.2 Å². The number of carbonyl (C=O) groups is 1. The summed E-state index contributed by atoms with van der Waals surface area (Å²) in [7, 11) is 0. The molecule has 0 bridgehead atoms. The number of anilines is 2. The van der Waals surface area contributed by atoms with Crippen LogP contribution in [0.2, 0.25) is 10.0 Å². The van der Waals surface area contributed by atoms with Gasteiger partial charge in [0.2, 0.25) is 5.91 Å². The molecule has 3 aromatic rings. The molecule has 0 saturated carbocycles. The Morgan fingerprint density at radius 3 is 2.34 bits per heavy atom. The van der Waals surface area contributed by atoms with Gasteiger partial charge in [0.05, 0.1) is 21.7 Å². The van der Waals surface area contributed by atoms with Gasteiger partial charge in [-0.2, -0.15) is 5.26 Å². The molecule has 5 nitrogen and oxygen atoms in total. The van der Waals surface area contributed by atoms with E-state index in [0.29, 0.717) is 22.2 Å². The Bertz CT molecular complexity index is 1170. The molecule has 1 aliphatic rings. The van der Waals surface area contributed by atoms with Crippen LogP contribution in [-0.2, 0) is 11.3 Å². The number of nitrogens with zero attached hydrogens (tertiary/aromatic N) is 3. The van der Waals surface area contributed by atoms with E-state index < -0.39 is 0 Å². The predicted octanol–water partition coefficient (Wildman–Crippen LogP) is 6.03. The lowest BCUT2D eigenvalue weighted by molar-refractivity contribution is -0.126. The predicted molar refractivity (Wildman–Crippen MR) is 142 cm³/mol. The SMILES string of the molecule is N#Cc1ccc(CNC(=O)C2CCN(CCN(c3ccccc3)c3ccc(Cl)c(Cl)c3)CC2)cc1. The van der Waals surface area contributed by atoms with Crippen molar-refractivity contribution in [2.75, 3.05) is 31.1 Å². The Hall–Kier alpha value is -3.04. The number of para-hydroxylation sites is 1. The van der Waals surface area contributed by atoms with E-state index in [1.54, 1.807) is 12.1 Å². The zero-order chi connectivity index (χ0) is 24.6. The van der Waals surface area contributed by atoms with Crippen molar-refractivity contribution in [1.29, 1.82) is 5.26 Å². The minimum atomic E-state index is 0.0323. The molecule has 0 aromatic heterocycles. The third kappa shape index (κ3) is 6.76. The molecule has 0 radical (unpaired) electrons. The maximum absolute atomic E-state index is 12.7. The standard InChI is InChI=1S/C28H28Cl2N4O/c29-26-11-10-25(18-27(26)30)34(24-4-2-1-3-5-24)17-16-33-14-12-23(13-15-33)28(35)32-20-22-8-6-21(19-31)7-9-22/h1-11,18,23H,12-17,20H2,(H,32,35). The highest BCUT2D eigenvalue weighted by atomic mass is 35.5. The number of piperidine rings is 1. The molecule has 1 aliphatic heterocycles. The normalized spacial score (nSPS) is 14.3. The van der Waals surface area contributed by atoms with Crippen LogP contribution in [0.3, 0.4) is 0 Å². The van der Waals surface area contributed by atoms with E-state index in [0.717, 1.165) is 56.0 Å². The van der Waals surface area contributed by atoms with Crippen LogP contribution in [-0.4, -0.2) is 37.0 Å². The monoisotopic (exact) mass is 506 g/mol. The third-order valence-corrected chi connectivity index (χ3v) is 7.17. The van der Waals surface area contributed by atoms with Gasteiger partial charge in [0.15, 0.2) is 0 Å². The first-order valence-corrected chi connectivity index (χ1v) is 12.6. The number of likely N-dealkylation sites (tertiary alicyclic amines) is 1. The van der Waals surface area contributed by atoms with Crippen molar-refractivity contribution in [3.8, 4) is 6.07 Å². The van der Waals surface area contributed by atoms with E-state index in [1.807, 2.05) is 48.5 Å². The molecule has 0 atom stereocenters. The molecule has 180 valence electrons. The number of halogens is 2. The molecule has 1 N–H and O–H groups in total. The largest absolute Gasteiger partial charge is 0.352 e. The Morgan fingerprint density at radius 2 is 1.69 bits per heavy atom. The van der Waals surface area contributed by atoms with Gasteiger partial charge in [-0.1, -0.05) is 53.5 Å². The van der Waals surface area contributed by atoms with Crippen molar-refractivity contribution in [3.63, 3.8) is 0 Å². The van der Waals surface area contributed by atoms with Gasteiger partial charge < -0.3 is 15.1 Å². The lowest BCUT2D eigenvalue weighted by Gasteiger charge is -2.34. The van der Waals surface area contributed by atoms with E-state index in [9.17, 15) is 4.79 Å². The summed E-state index contributed by atoms with van der Waals surface area (Å²) in [5, 5.41) is 13.0. The van der Waals surface area contributed by atoms with Crippen LogP contribution in [0, 0.1) is 17.2 Å². The third-order valence-electron chi connectivity index (χ3n) is 6.43. The number of hydrogen-bond acceptors (Lipinski definition) is 4. The number of hydrogen-bond donors (Lipinski definition) is 1. The molecule has 3 aromatic carbocycles. The highest BCUT2D eigenvalue weighted by Crippen LogP contribution is 2.31. The van der Waals surface area contributed by atoms with Gasteiger partial charge in [-0.05, 0) is 74.0 Å². The van der Waals surface area contributed by atoms with Crippen molar-refractivity contribution in [2.45, 2.75) is 19.4 Å². The summed E-state index contributed by atoms with van der Waals surface area (Å²) in [6.45, 7) is 3.95. The second kappa shape index (κ2) is 12.1. The molecule has 0 unspecified atom stereocenters. The van der Waals surface area contributed by atoms with E-state index in [2.05, 4.69) is 33.3 Å². The second-order valence-corrected chi connectivity index (χ2v) is 9.54. The summed E-state index contributed by atoms with van der Waals surface area (Å²) in [5.74, 6) is 0.139. The number of nitrogens with one attached hydrogen (secondary N) is 1. The van der Waals surface area contributed by atoms with Crippen LogP contribution in [0.4, 0.5) is 11.4 Å². The molecule has 1 heterocycles. The molecule has 1 amide bonds. The van der Waals surface area contributed by atoms with Crippen LogP contribution in [0.1, 0.15) is 24.0 Å². The van der Waals surface area contributed by atoms with Gasteiger partial charge in [0, 0.05) is 36.9 Å².